The van der Waals surface area contributed by atoms with Gasteiger partial charge in [0, 0.05) is 45.1 Å². The SMILES string of the molecule is CCCCNC(=O)c1cnc(N2CCN(c3ccccc3OC)CC2)nc1. The molecule has 1 saturated heterocycles. The van der Waals surface area contributed by atoms with Crippen LogP contribution < -0.4 is 19.9 Å². The van der Waals surface area contributed by atoms with Crippen LogP contribution in [0.25, 0.3) is 0 Å². The molecule has 1 fully saturated rings. The molecule has 7 heteroatoms. The fourth-order valence-corrected chi connectivity index (χ4v) is 3.12. The summed E-state index contributed by atoms with van der Waals surface area (Å²) in [4.78, 5) is 25.3. The molecular weight excluding hydrogens is 342 g/mol. The van der Waals surface area contributed by atoms with Crippen molar-refractivity contribution in [1.29, 1.82) is 0 Å². The molecule has 0 radical (unpaired) electrons. The molecule has 7 nitrogen and oxygen atoms in total. The molecule has 1 N–H and O–H groups in total. The van der Waals surface area contributed by atoms with Crippen molar-refractivity contribution in [2.75, 3.05) is 49.6 Å². The van der Waals surface area contributed by atoms with E-state index in [0.29, 0.717) is 18.1 Å². The molecule has 0 bridgehead atoms. The zero-order chi connectivity index (χ0) is 19.1. The zero-order valence-corrected chi connectivity index (χ0v) is 16.0. The summed E-state index contributed by atoms with van der Waals surface area (Å²) in [5.74, 6) is 1.44. The van der Waals surface area contributed by atoms with Gasteiger partial charge in [-0.25, -0.2) is 9.97 Å². The number of para-hydroxylation sites is 2. The smallest absolute Gasteiger partial charge is 0.254 e. The van der Waals surface area contributed by atoms with Gasteiger partial charge in [-0.05, 0) is 18.6 Å². The number of carbonyl (C=O) groups excluding carboxylic acids is 1. The number of unbranched alkanes of at least 4 members (excludes halogenated alkanes) is 1. The van der Waals surface area contributed by atoms with Crippen molar-refractivity contribution in [3.8, 4) is 5.75 Å². The lowest BCUT2D eigenvalue weighted by Crippen LogP contribution is -2.47. The summed E-state index contributed by atoms with van der Waals surface area (Å²) in [6.07, 6.45) is 5.24. The van der Waals surface area contributed by atoms with Gasteiger partial charge in [-0.1, -0.05) is 25.5 Å². The number of carbonyl (C=O) groups is 1. The second-order valence-corrected chi connectivity index (χ2v) is 6.53. The van der Waals surface area contributed by atoms with Gasteiger partial charge in [0.1, 0.15) is 5.75 Å². The van der Waals surface area contributed by atoms with Gasteiger partial charge in [-0.15, -0.1) is 0 Å². The second-order valence-electron chi connectivity index (χ2n) is 6.53. The number of ether oxygens (including phenoxy) is 1. The average Bonchev–Trinajstić information content (AvgIpc) is 2.74. The van der Waals surface area contributed by atoms with Gasteiger partial charge in [0.25, 0.3) is 5.91 Å². The summed E-state index contributed by atoms with van der Waals surface area (Å²) < 4.78 is 5.46. The minimum absolute atomic E-state index is 0.115. The molecule has 27 heavy (non-hydrogen) atoms. The number of hydrogen-bond donors (Lipinski definition) is 1. The molecule has 3 rings (SSSR count). The largest absolute Gasteiger partial charge is 0.495 e. The number of methoxy groups -OCH3 is 1. The highest BCUT2D eigenvalue weighted by molar-refractivity contribution is 5.93. The van der Waals surface area contributed by atoms with E-state index in [1.165, 1.54) is 0 Å². The first-order chi connectivity index (χ1) is 13.2. The van der Waals surface area contributed by atoms with E-state index in [1.807, 2.05) is 18.2 Å². The van der Waals surface area contributed by atoms with E-state index < -0.39 is 0 Å². The molecule has 1 aromatic heterocycles. The normalized spacial score (nSPS) is 14.1. The monoisotopic (exact) mass is 369 g/mol. The molecule has 0 unspecified atom stereocenters. The lowest BCUT2D eigenvalue weighted by molar-refractivity contribution is 0.0952. The molecule has 2 heterocycles. The fourth-order valence-electron chi connectivity index (χ4n) is 3.12. The molecule has 1 aromatic carbocycles. The Morgan fingerprint density at radius 3 is 2.44 bits per heavy atom. The third kappa shape index (κ3) is 4.67. The Morgan fingerprint density at radius 1 is 1.11 bits per heavy atom. The Labute approximate surface area is 160 Å². The lowest BCUT2D eigenvalue weighted by Gasteiger charge is -2.36. The molecule has 0 aliphatic carbocycles. The Morgan fingerprint density at radius 2 is 1.78 bits per heavy atom. The predicted octanol–water partition coefficient (Wildman–Crippen LogP) is 2.34. The number of nitrogens with zero attached hydrogens (tertiary/aromatic N) is 4. The van der Waals surface area contributed by atoms with Gasteiger partial charge in [0.2, 0.25) is 5.95 Å². The van der Waals surface area contributed by atoms with E-state index >= 15 is 0 Å². The maximum Gasteiger partial charge on any atom is 0.254 e. The molecule has 2 aromatic rings. The molecule has 1 aliphatic rings. The van der Waals surface area contributed by atoms with Crippen molar-refractivity contribution in [2.45, 2.75) is 19.8 Å². The van der Waals surface area contributed by atoms with E-state index in [4.69, 9.17) is 4.74 Å². The molecule has 144 valence electrons. The molecular formula is C20H27N5O2. The fraction of sp³-hybridized carbons (Fsp3) is 0.450. The Balaban J connectivity index is 1.57. The number of aromatic nitrogens is 2. The molecule has 0 saturated carbocycles. The summed E-state index contributed by atoms with van der Waals surface area (Å²) in [7, 11) is 1.70. The quantitative estimate of drug-likeness (QED) is 0.756. The maximum absolute atomic E-state index is 12.0. The first-order valence-corrected chi connectivity index (χ1v) is 9.46. The molecule has 0 atom stereocenters. The second kappa shape index (κ2) is 9.21. The van der Waals surface area contributed by atoms with Gasteiger partial charge in [-0.2, -0.15) is 0 Å². The average molecular weight is 369 g/mol. The Bertz CT molecular complexity index is 742. The third-order valence-electron chi connectivity index (χ3n) is 4.70. The van der Waals surface area contributed by atoms with Crippen molar-refractivity contribution >= 4 is 17.5 Å². The van der Waals surface area contributed by atoms with E-state index in [1.54, 1.807) is 19.5 Å². The summed E-state index contributed by atoms with van der Waals surface area (Å²) in [6, 6.07) is 8.07. The van der Waals surface area contributed by atoms with Crippen molar-refractivity contribution in [3.05, 3.63) is 42.2 Å². The number of amides is 1. The topological polar surface area (TPSA) is 70.6 Å². The highest BCUT2D eigenvalue weighted by Gasteiger charge is 2.21. The molecule has 1 aliphatic heterocycles. The summed E-state index contributed by atoms with van der Waals surface area (Å²) in [5.41, 5.74) is 1.61. The number of benzene rings is 1. The van der Waals surface area contributed by atoms with Gasteiger partial charge >= 0.3 is 0 Å². The van der Waals surface area contributed by atoms with E-state index in [0.717, 1.165) is 50.5 Å². The van der Waals surface area contributed by atoms with Gasteiger partial charge in [0.05, 0.1) is 18.4 Å². The number of anilines is 2. The van der Waals surface area contributed by atoms with Crippen LogP contribution in [0, 0.1) is 0 Å². The van der Waals surface area contributed by atoms with Crippen LogP contribution in [0.5, 0.6) is 5.75 Å². The van der Waals surface area contributed by atoms with Crippen LogP contribution in [-0.2, 0) is 0 Å². The van der Waals surface area contributed by atoms with E-state index in [2.05, 4.69) is 38.1 Å². The number of rotatable bonds is 7. The summed E-state index contributed by atoms with van der Waals surface area (Å²) >= 11 is 0. The van der Waals surface area contributed by atoms with Crippen LogP contribution in [0.15, 0.2) is 36.7 Å². The maximum atomic E-state index is 12.0. The molecule has 1 amide bonds. The van der Waals surface area contributed by atoms with Crippen LogP contribution in [0.1, 0.15) is 30.1 Å². The lowest BCUT2D eigenvalue weighted by atomic mass is 10.2. The highest BCUT2D eigenvalue weighted by Crippen LogP contribution is 2.28. The first kappa shape index (κ1) is 18.9. The van der Waals surface area contributed by atoms with E-state index in [-0.39, 0.29) is 5.91 Å². The van der Waals surface area contributed by atoms with Crippen LogP contribution in [0.3, 0.4) is 0 Å². The number of hydrogen-bond acceptors (Lipinski definition) is 6. The van der Waals surface area contributed by atoms with Crippen molar-refractivity contribution in [2.24, 2.45) is 0 Å². The Kier molecular flexibility index (Phi) is 6.46. The Hall–Kier alpha value is -2.83. The minimum Gasteiger partial charge on any atom is -0.495 e. The van der Waals surface area contributed by atoms with Crippen LogP contribution >= 0.6 is 0 Å². The van der Waals surface area contributed by atoms with Crippen molar-refractivity contribution < 1.29 is 9.53 Å². The first-order valence-electron chi connectivity index (χ1n) is 9.46. The van der Waals surface area contributed by atoms with Gasteiger partial charge in [0.15, 0.2) is 0 Å². The summed E-state index contributed by atoms with van der Waals surface area (Å²) in [5, 5.41) is 2.88. The molecule has 0 spiro atoms. The van der Waals surface area contributed by atoms with Crippen LogP contribution in [0.2, 0.25) is 0 Å². The van der Waals surface area contributed by atoms with Gasteiger partial charge in [-0.3, -0.25) is 4.79 Å². The summed E-state index contributed by atoms with van der Waals surface area (Å²) in [6.45, 7) is 6.14. The van der Waals surface area contributed by atoms with Crippen molar-refractivity contribution in [3.63, 3.8) is 0 Å². The standard InChI is InChI=1S/C20H27N5O2/c1-3-4-9-21-19(26)16-14-22-20(23-15-16)25-12-10-24(11-13-25)17-7-5-6-8-18(17)27-2/h5-8,14-15H,3-4,9-13H2,1-2H3,(H,21,26). The predicted molar refractivity (Wildman–Crippen MR) is 107 cm³/mol. The number of nitrogens with one attached hydrogen (secondary N) is 1. The van der Waals surface area contributed by atoms with Crippen molar-refractivity contribution in [1.82, 2.24) is 15.3 Å². The van der Waals surface area contributed by atoms with Gasteiger partial charge < -0.3 is 19.9 Å². The minimum atomic E-state index is -0.115. The van der Waals surface area contributed by atoms with Crippen LogP contribution in [-0.4, -0.2) is 55.7 Å². The van der Waals surface area contributed by atoms with E-state index in [9.17, 15) is 4.79 Å². The van der Waals surface area contributed by atoms with Crippen LogP contribution in [0.4, 0.5) is 11.6 Å². The highest BCUT2D eigenvalue weighted by atomic mass is 16.5. The third-order valence-corrected chi connectivity index (χ3v) is 4.70. The number of piperazine rings is 1. The zero-order valence-electron chi connectivity index (χ0n) is 16.0.